The van der Waals surface area contributed by atoms with E-state index in [9.17, 15) is 0 Å². The van der Waals surface area contributed by atoms with Crippen LogP contribution in [0.15, 0.2) is 0 Å². The van der Waals surface area contributed by atoms with Crippen LogP contribution in [0.4, 0.5) is 5.69 Å². The number of unbranched alkanes of at least 4 members (excludes halogenated alkanes) is 3. The fourth-order valence-electron chi connectivity index (χ4n) is 2.19. The highest BCUT2D eigenvalue weighted by molar-refractivity contribution is 5.52. The third kappa shape index (κ3) is 3.76. The van der Waals surface area contributed by atoms with Crippen LogP contribution in [0.1, 0.15) is 63.9 Å². The van der Waals surface area contributed by atoms with Crippen molar-refractivity contribution in [1.29, 1.82) is 0 Å². The molecule has 1 aromatic rings. The van der Waals surface area contributed by atoms with E-state index in [0.717, 1.165) is 12.2 Å². The summed E-state index contributed by atoms with van der Waals surface area (Å²) in [6.45, 7) is 11.9. The molecule has 17 heavy (non-hydrogen) atoms. The van der Waals surface area contributed by atoms with Crippen molar-refractivity contribution in [1.82, 2.24) is 9.78 Å². The summed E-state index contributed by atoms with van der Waals surface area (Å²) >= 11 is 0. The van der Waals surface area contributed by atoms with Crippen molar-refractivity contribution in [2.24, 2.45) is 0 Å². The van der Waals surface area contributed by atoms with Gasteiger partial charge in [-0.05, 0) is 34.1 Å². The monoisotopic (exact) mass is 237 g/mol. The van der Waals surface area contributed by atoms with Gasteiger partial charge in [0, 0.05) is 12.6 Å². The molecule has 1 aromatic heterocycles. The molecule has 0 amide bonds. The van der Waals surface area contributed by atoms with Crippen LogP contribution in [0.2, 0.25) is 0 Å². The van der Waals surface area contributed by atoms with E-state index in [2.05, 4.69) is 49.7 Å². The zero-order valence-electron chi connectivity index (χ0n) is 12.0. The molecular formula is C14H27N3. The summed E-state index contributed by atoms with van der Waals surface area (Å²) < 4.78 is 2.10. The second kappa shape index (κ2) is 6.67. The number of rotatable bonds is 7. The first kappa shape index (κ1) is 14.1. The quantitative estimate of drug-likeness (QED) is 0.724. The Labute approximate surface area is 106 Å². The number of hydrogen-bond donors (Lipinski definition) is 1. The van der Waals surface area contributed by atoms with Crippen LogP contribution in [0.5, 0.6) is 0 Å². The van der Waals surface area contributed by atoms with Crippen molar-refractivity contribution in [2.45, 2.75) is 66.3 Å². The van der Waals surface area contributed by atoms with E-state index in [-0.39, 0.29) is 0 Å². The molecule has 3 heteroatoms. The summed E-state index contributed by atoms with van der Waals surface area (Å²) in [5.41, 5.74) is 3.61. The molecule has 0 aliphatic heterocycles. The lowest BCUT2D eigenvalue weighted by atomic mass is 10.2. The number of hydrogen-bond acceptors (Lipinski definition) is 2. The minimum atomic E-state index is 0.435. The summed E-state index contributed by atoms with van der Waals surface area (Å²) in [7, 11) is 0. The van der Waals surface area contributed by atoms with Crippen molar-refractivity contribution in [3.05, 3.63) is 11.4 Å². The summed E-state index contributed by atoms with van der Waals surface area (Å²) in [5.74, 6) is 0. The van der Waals surface area contributed by atoms with Gasteiger partial charge in [0.1, 0.15) is 0 Å². The highest BCUT2D eigenvalue weighted by Crippen LogP contribution is 2.22. The Morgan fingerprint density at radius 2 is 1.88 bits per heavy atom. The average molecular weight is 237 g/mol. The molecule has 0 aromatic carbocycles. The van der Waals surface area contributed by atoms with Gasteiger partial charge in [0.05, 0.1) is 17.1 Å². The number of aryl methyl sites for hydroxylation is 1. The third-order valence-corrected chi connectivity index (χ3v) is 3.15. The molecular weight excluding hydrogens is 210 g/mol. The van der Waals surface area contributed by atoms with Crippen LogP contribution in [0.3, 0.4) is 0 Å². The van der Waals surface area contributed by atoms with Gasteiger partial charge in [-0.3, -0.25) is 4.68 Å². The molecule has 1 heterocycles. The Balaban J connectivity index is 2.53. The molecule has 1 rings (SSSR count). The van der Waals surface area contributed by atoms with E-state index < -0.39 is 0 Å². The van der Waals surface area contributed by atoms with Crippen molar-refractivity contribution in [3.63, 3.8) is 0 Å². The van der Waals surface area contributed by atoms with Gasteiger partial charge in [-0.2, -0.15) is 5.10 Å². The minimum absolute atomic E-state index is 0.435. The van der Waals surface area contributed by atoms with Gasteiger partial charge in [0.25, 0.3) is 0 Å². The lowest BCUT2D eigenvalue weighted by Gasteiger charge is -2.09. The molecule has 0 saturated heterocycles. The number of aromatic nitrogens is 2. The summed E-state index contributed by atoms with van der Waals surface area (Å²) in [6, 6.07) is 0.435. The third-order valence-electron chi connectivity index (χ3n) is 3.15. The Kier molecular flexibility index (Phi) is 5.52. The maximum Gasteiger partial charge on any atom is 0.0828 e. The van der Waals surface area contributed by atoms with Crippen molar-refractivity contribution < 1.29 is 0 Å². The standard InChI is InChI=1S/C14H27N3/c1-6-7-8-9-10-15-14-12(4)16-17(11(2)3)13(14)5/h11,15H,6-10H2,1-5H3. The fraction of sp³-hybridized carbons (Fsp3) is 0.786. The number of nitrogens with zero attached hydrogens (tertiary/aromatic N) is 2. The van der Waals surface area contributed by atoms with E-state index in [1.54, 1.807) is 0 Å². The van der Waals surface area contributed by atoms with E-state index in [1.165, 1.54) is 37.1 Å². The topological polar surface area (TPSA) is 29.9 Å². The van der Waals surface area contributed by atoms with E-state index in [4.69, 9.17) is 0 Å². The molecule has 0 fully saturated rings. The van der Waals surface area contributed by atoms with E-state index in [1.807, 2.05) is 0 Å². The zero-order valence-corrected chi connectivity index (χ0v) is 12.0. The Hall–Kier alpha value is -0.990. The van der Waals surface area contributed by atoms with Gasteiger partial charge in [-0.1, -0.05) is 26.2 Å². The molecule has 3 nitrogen and oxygen atoms in total. The maximum absolute atomic E-state index is 4.58. The molecule has 0 atom stereocenters. The molecule has 0 radical (unpaired) electrons. The first-order chi connectivity index (χ1) is 8.07. The van der Waals surface area contributed by atoms with Crippen LogP contribution in [-0.4, -0.2) is 16.3 Å². The predicted molar refractivity (Wildman–Crippen MR) is 74.7 cm³/mol. The largest absolute Gasteiger partial charge is 0.382 e. The Morgan fingerprint density at radius 1 is 1.18 bits per heavy atom. The highest BCUT2D eigenvalue weighted by Gasteiger charge is 2.12. The van der Waals surface area contributed by atoms with Crippen molar-refractivity contribution >= 4 is 5.69 Å². The molecule has 0 bridgehead atoms. The predicted octanol–water partition coefficient (Wildman–Crippen LogP) is 4.07. The molecule has 0 aliphatic rings. The van der Waals surface area contributed by atoms with Crippen LogP contribution < -0.4 is 5.32 Å². The van der Waals surface area contributed by atoms with Crippen LogP contribution in [-0.2, 0) is 0 Å². The normalized spacial score (nSPS) is 11.2. The second-order valence-corrected chi connectivity index (χ2v) is 5.07. The molecule has 0 saturated carbocycles. The SMILES string of the molecule is CCCCCCNc1c(C)nn(C(C)C)c1C. The molecule has 98 valence electrons. The van der Waals surface area contributed by atoms with E-state index >= 15 is 0 Å². The second-order valence-electron chi connectivity index (χ2n) is 5.07. The molecule has 1 N–H and O–H groups in total. The molecule has 0 unspecified atom stereocenters. The summed E-state index contributed by atoms with van der Waals surface area (Å²) in [5, 5.41) is 8.11. The highest BCUT2D eigenvalue weighted by atomic mass is 15.3. The van der Waals surface area contributed by atoms with Gasteiger partial charge in [0.15, 0.2) is 0 Å². The Morgan fingerprint density at radius 3 is 2.41 bits per heavy atom. The summed E-state index contributed by atoms with van der Waals surface area (Å²) in [6.07, 6.45) is 5.20. The van der Waals surface area contributed by atoms with Crippen LogP contribution in [0, 0.1) is 13.8 Å². The van der Waals surface area contributed by atoms with Gasteiger partial charge >= 0.3 is 0 Å². The van der Waals surface area contributed by atoms with Crippen LogP contribution in [0.25, 0.3) is 0 Å². The van der Waals surface area contributed by atoms with Crippen molar-refractivity contribution in [3.8, 4) is 0 Å². The van der Waals surface area contributed by atoms with Crippen molar-refractivity contribution in [2.75, 3.05) is 11.9 Å². The van der Waals surface area contributed by atoms with E-state index in [0.29, 0.717) is 6.04 Å². The smallest absolute Gasteiger partial charge is 0.0828 e. The lowest BCUT2D eigenvalue weighted by Crippen LogP contribution is -2.06. The van der Waals surface area contributed by atoms with Gasteiger partial charge in [-0.25, -0.2) is 0 Å². The van der Waals surface area contributed by atoms with Gasteiger partial charge in [-0.15, -0.1) is 0 Å². The number of anilines is 1. The first-order valence-corrected chi connectivity index (χ1v) is 6.87. The number of nitrogens with one attached hydrogen (secondary N) is 1. The molecule has 0 spiro atoms. The maximum atomic E-state index is 4.58. The fourth-order valence-corrected chi connectivity index (χ4v) is 2.19. The minimum Gasteiger partial charge on any atom is -0.382 e. The Bertz CT molecular complexity index is 339. The first-order valence-electron chi connectivity index (χ1n) is 6.87. The van der Waals surface area contributed by atoms with Gasteiger partial charge in [0.2, 0.25) is 0 Å². The molecule has 0 aliphatic carbocycles. The zero-order chi connectivity index (χ0) is 12.8. The van der Waals surface area contributed by atoms with Crippen LogP contribution >= 0.6 is 0 Å². The average Bonchev–Trinajstić information content (AvgIpc) is 2.56. The van der Waals surface area contributed by atoms with Gasteiger partial charge < -0.3 is 5.32 Å². The summed E-state index contributed by atoms with van der Waals surface area (Å²) in [4.78, 5) is 0. The lowest BCUT2D eigenvalue weighted by molar-refractivity contribution is 0.516.